The minimum atomic E-state index is -0.619. The molecule has 0 spiro atoms. The second-order valence-corrected chi connectivity index (χ2v) is 4.91. The fraction of sp³-hybridized carbons (Fsp3) is 0.846. The molecule has 1 amide bonds. The zero-order valence-electron chi connectivity index (χ0n) is 12.1. The second kappa shape index (κ2) is 7.36. The third-order valence-electron chi connectivity index (χ3n) is 3.63. The van der Waals surface area contributed by atoms with E-state index in [4.69, 9.17) is 10.5 Å². The molecule has 0 aromatic heterocycles. The molecule has 0 radical (unpaired) electrons. The highest BCUT2D eigenvalue weighted by atomic mass is 16.5. The fourth-order valence-corrected chi connectivity index (χ4v) is 1.87. The fourth-order valence-electron chi connectivity index (χ4n) is 1.87. The average Bonchev–Trinajstić information content (AvgIpc) is 2.37. The topological polar surface area (TPSA) is 81.4 Å². The van der Waals surface area contributed by atoms with Gasteiger partial charge in [0.15, 0.2) is 0 Å². The number of hydrogen-bond donors (Lipinski definition) is 2. The summed E-state index contributed by atoms with van der Waals surface area (Å²) in [5.41, 5.74) is 5.12. The van der Waals surface area contributed by atoms with Gasteiger partial charge in [0.1, 0.15) is 6.04 Å². The van der Waals surface area contributed by atoms with Gasteiger partial charge in [0, 0.05) is 6.54 Å². The van der Waals surface area contributed by atoms with Crippen LogP contribution in [0.3, 0.4) is 0 Å². The number of nitrogens with two attached hydrogens (primary N) is 1. The smallest absolute Gasteiger partial charge is 0.328 e. The van der Waals surface area contributed by atoms with E-state index in [0.29, 0.717) is 12.8 Å². The first-order chi connectivity index (χ1) is 8.38. The van der Waals surface area contributed by atoms with Gasteiger partial charge in [-0.25, -0.2) is 4.79 Å². The van der Waals surface area contributed by atoms with Crippen LogP contribution in [0.2, 0.25) is 0 Å². The van der Waals surface area contributed by atoms with Crippen LogP contribution in [0.5, 0.6) is 0 Å². The molecule has 0 saturated heterocycles. The molecule has 0 aromatic rings. The molecule has 0 bridgehead atoms. The minimum Gasteiger partial charge on any atom is -0.467 e. The van der Waals surface area contributed by atoms with Crippen LogP contribution < -0.4 is 11.1 Å². The number of hydrogen-bond acceptors (Lipinski definition) is 4. The predicted molar refractivity (Wildman–Crippen MR) is 70.9 cm³/mol. The Labute approximate surface area is 109 Å². The normalized spacial score (nSPS) is 13.3. The highest BCUT2D eigenvalue weighted by Gasteiger charge is 2.36. The van der Waals surface area contributed by atoms with E-state index >= 15 is 0 Å². The van der Waals surface area contributed by atoms with Crippen molar-refractivity contribution in [3.63, 3.8) is 0 Å². The maximum absolute atomic E-state index is 12.3. The molecule has 0 aliphatic heterocycles. The lowest BCUT2D eigenvalue weighted by atomic mass is 9.81. The summed E-state index contributed by atoms with van der Waals surface area (Å²) in [5, 5.41) is 2.77. The summed E-state index contributed by atoms with van der Waals surface area (Å²) in [5.74, 6) is -0.610. The number of carbonyl (C=O) groups is 2. The van der Waals surface area contributed by atoms with Gasteiger partial charge in [-0.15, -0.1) is 0 Å². The Hall–Kier alpha value is -1.10. The standard InChI is InChI=1S/C13H26N2O3/c1-6-13(7-2,8-14)12(17)15-10(9(3)4)11(16)18-5/h9-10H,6-8,14H2,1-5H3,(H,15,17). The Morgan fingerprint density at radius 1 is 1.28 bits per heavy atom. The average molecular weight is 258 g/mol. The number of carbonyl (C=O) groups excluding carboxylic acids is 2. The molecule has 0 aromatic carbocycles. The Morgan fingerprint density at radius 3 is 2.06 bits per heavy atom. The van der Waals surface area contributed by atoms with Crippen LogP contribution in [-0.4, -0.2) is 31.6 Å². The van der Waals surface area contributed by atoms with Gasteiger partial charge in [-0.1, -0.05) is 27.7 Å². The summed E-state index contributed by atoms with van der Waals surface area (Å²) >= 11 is 0. The monoisotopic (exact) mass is 258 g/mol. The van der Waals surface area contributed by atoms with Gasteiger partial charge < -0.3 is 15.8 Å². The molecule has 3 N–H and O–H groups in total. The third kappa shape index (κ3) is 3.70. The van der Waals surface area contributed by atoms with Crippen molar-refractivity contribution in [2.45, 2.75) is 46.6 Å². The van der Waals surface area contributed by atoms with Gasteiger partial charge in [-0.05, 0) is 18.8 Å². The molecular weight excluding hydrogens is 232 g/mol. The van der Waals surface area contributed by atoms with Crippen molar-refractivity contribution in [1.29, 1.82) is 0 Å². The zero-order chi connectivity index (χ0) is 14.3. The molecule has 0 saturated carbocycles. The van der Waals surface area contributed by atoms with Gasteiger partial charge in [0.2, 0.25) is 5.91 Å². The van der Waals surface area contributed by atoms with Gasteiger partial charge >= 0.3 is 5.97 Å². The Kier molecular flexibility index (Phi) is 6.91. The van der Waals surface area contributed by atoms with Gasteiger partial charge in [0.25, 0.3) is 0 Å². The van der Waals surface area contributed by atoms with Crippen LogP contribution in [0.4, 0.5) is 0 Å². The van der Waals surface area contributed by atoms with Crippen molar-refractivity contribution in [3.05, 3.63) is 0 Å². The number of amides is 1. The number of nitrogens with one attached hydrogen (secondary N) is 1. The van der Waals surface area contributed by atoms with Crippen molar-refractivity contribution in [3.8, 4) is 0 Å². The van der Waals surface area contributed by atoms with Gasteiger partial charge in [-0.3, -0.25) is 4.79 Å². The molecule has 0 rings (SSSR count). The first-order valence-corrected chi connectivity index (χ1v) is 6.47. The predicted octanol–water partition coefficient (Wildman–Crippen LogP) is 1.07. The summed E-state index contributed by atoms with van der Waals surface area (Å²) in [6, 6.07) is -0.619. The van der Waals surface area contributed by atoms with Crippen molar-refractivity contribution >= 4 is 11.9 Å². The molecule has 106 valence electrons. The van der Waals surface area contributed by atoms with Crippen molar-refractivity contribution in [1.82, 2.24) is 5.32 Å². The van der Waals surface area contributed by atoms with Gasteiger partial charge in [-0.2, -0.15) is 0 Å². The first kappa shape index (κ1) is 16.9. The molecule has 0 fully saturated rings. The molecule has 0 aliphatic carbocycles. The van der Waals surface area contributed by atoms with Gasteiger partial charge in [0.05, 0.1) is 12.5 Å². The highest BCUT2D eigenvalue weighted by molar-refractivity contribution is 5.88. The quantitative estimate of drug-likeness (QED) is 0.669. The lowest BCUT2D eigenvalue weighted by Gasteiger charge is -2.31. The Morgan fingerprint density at radius 2 is 1.78 bits per heavy atom. The summed E-state index contributed by atoms with van der Waals surface area (Å²) in [7, 11) is 1.32. The maximum atomic E-state index is 12.3. The number of rotatable bonds is 7. The maximum Gasteiger partial charge on any atom is 0.328 e. The van der Waals surface area contributed by atoms with Crippen molar-refractivity contribution in [2.75, 3.05) is 13.7 Å². The molecular formula is C13H26N2O3. The van der Waals surface area contributed by atoms with Crippen molar-refractivity contribution < 1.29 is 14.3 Å². The zero-order valence-corrected chi connectivity index (χ0v) is 12.1. The number of ether oxygens (including phenoxy) is 1. The first-order valence-electron chi connectivity index (χ1n) is 6.47. The van der Waals surface area contributed by atoms with E-state index in [0.717, 1.165) is 0 Å². The number of esters is 1. The molecule has 1 atom stereocenters. The minimum absolute atomic E-state index is 0.0226. The molecule has 5 heteroatoms. The molecule has 5 nitrogen and oxygen atoms in total. The molecule has 1 unspecified atom stereocenters. The lowest BCUT2D eigenvalue weighted by molar-refractivity contribution is -0.148. The van der Waals surface area contributed by atoms with E-state index in [1.807, 2.05) is 27.7 Å². The van der Waals surface area contributed by atoms with E-state index in [1.54, 1.807) is 0 Å². The summed E-state index contributed by atoms with van der Waals surface area (Å²) in [6.45, 7) is 7.86. The second-order valence-electron chi connectivity index (χ2n) is 4.91. The van der Waals surface area contributed by atoms with E-state index in [1.165, 1.54) is 7.11 Å². The molecule has 0 heterocycles. The Balaban J connectivity index is 4.94. The van der Waals surface area contributed by atoms with Crippen LogP contribution in [0.1, 0.15) is 40.5 Å². The molecule has 18 heavy (non-hydrogen) atoms. The molecule has 0 aliphatic rings. The van der Waals surface area contributed by atoms with E-state index in [-0.39, 0.29) is 18.4 Å². The SMILES string of the molecule is CCC(CC)(CN)C(=O)NC(C(=O)OC)C(C)C. The van der Waals surface area contributed by atoms with Crippen LogP contribution in [0.25, 0.3) is 0 Å². The number of methoxy groups -OCH3 is 1. The lowest BCUT2D eigenvalue weighted by Crippen LogP contribution is -2.53. The summed E-state index contributed by atoms with van der Waals surface area (Å²) in [6.07, 6.45) is 1.30. The summed E-state index contributed by atoms with van der Waals surface area (Å²) < 4.78 is 4.70. The van der Waals surface area contributed by atoms with E-state index in [9.17, 15) is 9.59 Å². The van der Waals surface area contributed by atoms with Crippen molar-refractivity contribution in [2.24, 2.45) is 17.1 Å². The highest BCUT2D eigenvalue weighted by Crippen LogP contribution is 2.25. The largest absolute Gasteiger partial charge is 0.467 e. The van der Waals surface area contributed by atoms with Crippen LogP contribution in [-0.2, 0) is 14.3 Å². The van der Waals surface area contributed by atoms with Crippen LogP contribution in [0.15, 0.2) is 0 Å². The third-order valence-corrected chi connectivity index (χ3v) is 3.63. The van der Waals surface area contributed by atoms with E-state index in [2.05, 4.69) is 5.32 Å². The van der Waals surface area contributed by atoms with Crippen LogP contribution >= 0.6 is 0 Å². The Bertz CT molecular complexity index is 278. The van der Waals surface area contributed by atoms with Crippen LogP contribution in [0, 0.1) is 11.3 Å². The van der Waals surface area contributed by atoms with E-state index < -0.39 is 17.4 Å². The summed E-state index contributed by atoms with van der Waals surface area (Å²) in [4.78, 5) is 23.9.